The predicted molar refractivity (Wildman–Crippen MR) is 138 cm³/mol. The van der Waals surface area contributed by atoms with Crippen molar-refractivity contribution in [2.24, 2.45) is 11.7 Å². The first-order chi connectivity index (χ1) is 16.9. The van der Waals surface area contributed by atoms with E-state index in [-0.39, 0.29) is 17.9 Å². The smallest absolute Gasteiger partial charge is 0.408 e. The third-order valence-electron chi connectivity index (χ3n) is 6.13. The van der Waals surface area contributed by atoms with Crippen LogP contribution in [0.4, 0.5) is 4.79 Å². The summed E-state index contributed by atoms with van der Waals surface area (Å²) in [5, 5.41) is 5.47. The van der Waals surface area contributed by atoms with Gasteiger partial charge in [0.15, 0.2) is 0 Å². The molecule has 1 aliphatic carbocycles. The van der Waals surface area contributed by atoms with Crippen LogP contribution in [0.3, 0.4) is 0 Å². The lowest BCUT2D eigenvalue weighted by atomic mass is 9.99. The van der Waals surface area contributed by atoms with E-state index in [1.807, 2.05) is 45.0 Å². The molecule has 4 atom stereocenters. The highest BCUT2D eigenvalue weighted by Gasteiger charge is 2.48. The standard InChI is InChI=1S/C27H42N4O5/c1-7-9-14-29-24(33)23(19-12-10-18(8-2)11-13-19)31(21-15-17(21)3)25(34)20(16-22(28)32)30-26(35)36-27(4,5)6/h10-13,17,20-21,23H,7-9,14-16H2,1-6H3,(H2,28,32)(H,29,33)(H,30,35). The van der Waals surface area contributed by atoms with Crippen molar-refractivity contribution in [1.82, 2.24) is 15.5 Å². The lowest BCUT2D eigenvalue weighted by Gasteiger charge is -2.35. The number of hydrogen-bond acceptors (Lipinski definition) is 5. The molecule has 2 rings (SSSR count). The van der Waals surface area contributed by atoms with E-state index in [4.69, 9.17) is 10.5 Å². The normalized spacial score (nSPS) is 18.5. The number of aryl methyl sites for hydroxylation is 1. The summed E-state index contributed by atoms with van der Waals surface area (Å²) < 4.78 is 5.31. The number of benzene rings is 1. The fourth-order valence-corrected chi connectivity index (χ4v) is 4.06. The summed E-state index contributed by atoms with van der Waals surface area (Å²) in [5.74, 6) is -1.41. The van der Waals surface area contributed by atoms with E-state index in [1.165, 1.54) is 4.90 Å². The van der Waals surface area contributed by atoms with Crippen molar-refractivity contribution in [3.63, 3.8) is 0 Å². The Labute approximate surface area is 214 Å². The molecule has 0 radical (unpaired) electrons. The average molecular weight is 503 g/mol. The zero-order valence-electron chi connectivity index (χ0n) is 22.4. The minimum atomic E-state index is -1.26. The fourth-order valence-electron chi connectivity index (χ4n) is 4.06. The molecule has 1 aromatic carbocycles. The lowest BCUT2D eigenvalue weighted by Crippen LogP contribution is -2.55. The maximum absolute atomic E-state index is 13.9. The van der Waals surface area contributed by atoms with E-state index in [1.54, 1.807) is 20.8 Å². The molecule has 0 aromatic heterocycles. The lowest BCUT2D eigenvalue weighted by molar-refractivity contribution is -0.144. The van der Waals surface area contributed by atoms with E-state index in [9.17, 15) is 19.2 Å². The van der Waals surface area contributed by atoms with Gasteiger partial charge in [-0.15, -0.1) is 0 Å². The van der Waals surface area contributed by atoms with Crippen molar-refractivity contribution in [1.29, 1.82) is 0 Å². The van der Waals surface area contributed by atoms with E-state index in [2.05, 4.69) is 10.6 Å². The van der Waals surface area contributed by atoms with Crippen LogP contribution in [-0.4, -0.2) is 52.9 Å². The quantitative estimate of drug-likeness (QED) is 0.378. The number of carbonyl (C=O) groups is 4. The molecule has 1 aliphatic rings. The third kappa shape index (κ3) is 8.53. The van der Waals surface area contributed by atoms with Gasteiger partial charge in [-0.3, -0.25) is 14.4 Å². The number of hydrogen-bond donors (Lipinski definition) is 3. The van der Waals surface area contributed by atoms with Crippen LogP contribution in [0.1, 0.15) is 84.4 Å². The highest BCUT2D eigenvalue weighted by molar-refractivity contribution is 5.95. The topological polar surface area (TPSA) is 131 Å². The first-order valence-electron chi connectivity index (χ1n) is 12.8. The summed E-state index contributed by atoms with van der Waals surface area (Å²) in [6.07, 6.45) is 2.05. The molecule has 4 unspecified atom stereocenters. The highest BCUT2D eigenvalue weighted by Crippen LogP contribution is 2.41. The Morgan fingerprint density at radius 2 is 1.75 bits per heavy atom. The van der Waals surface area contributed by atoms with Crippen molar-refractivity contribution in [2.45, 2.75) is 97.4 Å². The predicted octanol–water partition coefficient (Wildman–Crippen LogP) is 3.21. The van der Waals surface area contributed by atoms with Crippen molar-refractivity contribution in [3.05, 3.63) is 35.4 Å². The van der Waals surface area contributed by atoms with Crippen LogP contribution in [0.2, 0.25) is 0 Å². The zero-order valence-corrected chi connectivity index (χ0v) is 22.4. The number of rotatable bonds is 12. The number of nitrogens with one attached hydrogen (secondary N) is 2. The van der Waals surface area contributed by atoms with Gasteiger partial charge in [0.05, 0.1) is 6.42 Å². The first kappa shape index (κ1) is 29.1. The van der Waals surface area contributed by atoms with Gasteiger partial charge in [0.25, 0.3) is 0 Å². The molecule has 0 aliphatic heterocycles. The van der Waals surface area contributed by atoms with Gasteiger partial charge >= 0.3 is 6.09 Å². The second-order valence-electron chi connectivity index (χ2n) is 10.5. The molecule has 1 fully saturated rings. The van der Waals surface area contributed by atoms with Crippen LogP contribution in [-0.2, 0) is 25.5 Å². The number of nitrogens with zero attached hydrogens (tertiary/aromatic N) is 1. The van der Waals surface area contributed by atoms with Crippen molar-refractivity contribution < 1.29 is 23.9 Å². The van der Waals surface area contributed by atoms with Crippen LogP contribution < -0.4 is 16.4 Å². The molecular weight excluding hydrogens is 460 g/mol. The first-order valence-corrected chi connectivity index (χ1v) is 12.8. The summed E-state index contributed by atoms with van der Waals surface area (Å²) in [5.41, 5.74) is 6.42. The van der Waals surface area contributed by atoms with Crippen LogP contribution in [0, 0.1) is 5.92 Å². The molecule has 1 aromatic rings. The van der Waals surface area contributed by atoms with Crippen molar-refractivity contribution >= 4 is 23.8 Å². The number of primary amides is 1. The molecule has 200 valence electrons. The van der Waals surface area contributed by atoms with Gasteiger partial charge in [-0.2, -0.15) is 0 Å². The monoisotopic (exact) mass is 502 g/mol. The van der Waals surface area contributed by atoms with E-state index in [0.29, 0.717) is 18.5 Å². The summed E-state index contributed by atoms with van der Waals surface area (Å²) in [6, 6.07) is 5.24. The van der Waals surface area contributed by atoms with Crippen LogP contribution >= 0.6 is 0 Å². The minimum absolute atomic E-state index is 0.172. The Hall–Kier alpha value is -3.10. The fraction of sp³-hybridized carbons (Fsp3) is 0.630. The SMILES string of the molecule is CCCCNC(=O)C(c1ccc(CC)cc1)N(C(=O)C(CC(N)=O)NC(=O)OC(C)(C)C)C1CC1C. The third-order valence-corrected chi connectivity index (χ3v) is 6.13. The highest BCUT2D eigenvalue weighted by atomic mass is 16.6. The summed E-state index contributed by atoms with van der Waals surface area (Å²) >= 11 is 0. The summed E-state index contributed by atoms with van der Waals surface area (Å²) in [6.45, 7) is 11.7. The molecule has 36 heavy (non-hydrogen) atoms. The van der Waals surface area contributed by atoms with E-state index >= 15 is 0 Å². The molecular formula is C27H42N4O5. The Bertz CT molecular complexity index is 925. The van der Waals surface area contributed by atoms with Crippen LogP contribution in [0.5, 0.6) is 0 Å². The molecule has 9 nitrogen and oxygen atoms in total. The second-order valence-corrected chi connectivity index (χ2v) is 10.5. The van der Waals surface area contributed by atoms with E-state index < -0.39 is 42.0 Å². The van der Waals surface area contributed by atoms with Crippen LogP contribution in [0.25, 0.3) is 0 Å². The van der Waals surface area contributed by atoms with Gasteiger partial charge in [0.2, 0.25) is 17.7 Å². The molecule has 0 heterocycles. The summed E-state index contributed by atoms with van der Waals surface area (Å²) in [4.78, 5) is 53.3. The van der Waals surface area contributed by atoms with Gasteiger partial charge in [-0.25, -0.2) is 4.79 Å². The maximum Gasteiger partial charge on any atom is 0.408 e. The molecule has 0 saturated heterocycles. The zero-order chi connectivity index (χ0) is 27.0. The number of alkyl carbamates (subject to hydrolysis) is 1. The number of nitrogens with two attached hydrogens (primary N) is 1. The van der Waals surface area contributed by atoms with E-state index in [0.717, 1.165) is 24.8 Å². The molecule has 0 spiro atoms. The average Bonchev–Trinajstić information content (AvgIpc) is 3.50. The van der Waals surface area contributed by atoms with Crippen LogP contribution in [0.15, 0.2) is 24.3 Å². The largest absolute Gasteiger partial charge is 0.444 e. The minimum Gasteiger partial charge on any atom is -0.444 e. The number of amides is 4. The van der Waals surface area contributed by atoms with Crippen molar-refractivity contribution in [3.8, 4) is 0 Å². The van der Waals surface area contributed by atoms with Gasteiger partial charge in [0, 0.05) is 12.6 Å². The van der Waals surface area contributed by atoms with Gasteiger partial charge in [-0.05, 0) is 57.1 Å². The Morgan fingerprint density at radius 1 is 1.14 bits per heavy atom. The number of ether oxygens (including phenoxy) is 1. The molecule has 9 heteroatoms. The van der Waals surface area contributed by atoms with Gasteiger partial charge < -0.3 is 26.0 Å². The Balaban J connectivity index is 2.46. The molecule has 4 amide bonds. The molecule has 0 bridgehead atoms. The van der Waals surface area contributed by atoms with Gasteiger partial charge in [0.1, 0.15) is 17.7 Å². The van der Waals surface area contributed by atoms with Crippen molar-refractivity contribution in [2.75, 3.05) is 6.54 Å². The number of carbonyl (C=O) groups excluding carboxylic acids is 4. The second kappa shape index (κ2) is 12.7. The maximum atomic E-state index is 13.9. The van der Waals surface area contributed by atoms with Gasteiger partial charge in [-0.1, -0.05) is 51.5 Å². The Morgan fingerprint density at radius 3 is 2.22 bits per heavy atom. The Kier molecular flexibility index (Phi) is 10.3. The molecule has 1 saturated carbocycles. The molecule has 4 N–H and O–H groups in total. The summed E-state index contributed by atoms with van der Waals surface area (Å²) in [7, 11) is 0. The number of unbranched alkanes of at least 4 members (excludes halogenated alkanes) is 1.